The summed E-state index contributed by atoms with van der Waals surface area (Å²) in [6, 6.07) is 6.81. The summed E-state index contributed by atoms with van der Waals surface area (Å²) < 4.78 is 5.96. The molecular formula is C23H31N5O4S. The van der Waals surface area contributed by atoms with E-state index in [9.17, 15) is 4.79 Å². The average Bonchev–Trinajstić information content (AvgIpc) is 3.16. The number of aromatic nitrogens is 1. The molecule has 0 radical (unpaired) electrons. The minimum Gasteiger partial charge on any atom is -0.489 e. The number of carboxylic acids is 1. The van der Waals surface area contributed by atoms with E-state index in [1.165, 1.54) is 11.3 Å². The van der Waals surface area contributed by atoms with Gasteiger partial charge in [0.25, 0.3) is 11.9 Å². The Morgan fingerprint density at radius 1 is 1.33 bits per heavy atom. The summed E-state index contributed by atoms with van der Waals surface area (Å²) in [5.41, 5.74) is 2.75. The second kappa shape index (κ2) is 9.56. The fourth-order valence-corrected chi connectivity index (χ4v) is 5.31. The maximum atomic E-state index is 12.5. The summed E-state index contributed by atoms with van der Waals surface area (Å²) in [5.74, 6) is 0.0168. The molecule has 1 amide bonds. The van der Waals surface area contributed by atoms with E-state index >= 15 is 0 Å². The van der Waals surface area contributed by atoms with Crippen LogP contribution in [0.4, 0.5) is 16.5 Å². The molecule has 4 N–H and O–H groups in total. The molecule has 2 aromatic rings. The number of piperidine rings is 1. The van der Waals surface area contributed by atoms with Gasteiger partial charge >= 0.3 is 0 Å². The van der Waals surface area contributed by atoms with Crippen LogP contribution in [0.1, 0.15) is 49.0 Å². The molecule has 10 heteroatoms. The monoisotopic (exact) mass is 473 g/mol. The molecule has 1 saturated heterocycles. The lowest BCUT2D eigenvalue weighted by atomic mass is 9.94. The maximum Gasteiger partial charge on any atom is 0.300 e. The van der Waals surface area contributed by atoms with Crippen LogP contribution in [-0.2, 0) is 11.2 Å². The van der Waals surface area contributed by atoms with Crippen molar-refractivity contribution in [2.45, 2.75) is 51.6 Å². The first-order valence-corrected chi connectivity index (χ1v) is 12.1. The minimum atomic E-state index is -0.833. The van der Waals surface area contributed by atoms with Gasteiger partial charge in [0.2, 0.25) is 0 Å². The first-order valence-electron chi connectivity index (χ1n) is 11.3. The zero-order valence-corrected chi connectivity index (χ0v) is 20.1. The third-order valence-electron chi connectivity index (χ3n) is 5.72. The van der Waals surface area contributed by atoms with Crippen LogP contribution in [0.25, 0.3) is 0 Å². The molecule has 9 nitrogen and oxygen atoms in total. The van der Waals surface area contributed by atoms with Gasteiger partial charge in [-0.1, -0.05) is 11.3 Å². The van der Waals surface area contributed by atoms with Crippen LogP contribution in [0.3, 0.4) is 0 Å². The highest BCUT2D eigenvalue weighted by molar-refractivity contribution is 7.17. The number of nitrogens with zero attached hydrogens (tertiary/aromatic N) is 2. The van der Waals surface area contributed by atoms with Crippen molar-refractivity contribution in [1.29, 1.82) is 0 Å². The van der Waals surface area contributed by atoms with Gasteiger partial charge in [-0.3, -0.25) is 9.59 Å². The molecule has 0 aliphatic carbocycles. The van der Waals surface area contributed by atoms with E-state index in [1.54, 1.807) is 0 Å². The summed E-state index contributed by atoms with van der Waals surface area (Å²) >= 11 is 1.47. The SMILES string of the molecule is CC(=O)O.CC1(C)Cc2nc(N3CCOc4cc(NC5CCNCC5)ccc43)sc2C(=O)N1. The molecule has 0 saturated carbocycles. The van der Waals surface area contributed by atoms with Gasteiger partial charge in [-0.15, -0.1) is 0 Å². The van der Waals surface area contributed by atoms with E-state index in [0.29, 0.717) is 12.6 Å². The number of anilines is 3. The van der Waals surface area contributed by atoms with Crippen molar-refractivity contribution in [3.05, 3.63) is 28.8 Å². The Balaban J connectivity index is 0.000000601. The van der Waals surface area contributed by atoms with Crippen molar-refractivity contribution >= 4 is 39.7 Å². The van der Waals surface area contributed by atoms with Gasteiger partial charge in [-0.05, 0) is 51.9 Å². The lowest BCUT2D eigenvalue weighted by Crippen LogP contribution is -2.48. The topological polar surface area (TPSA) is 116 Å². The smallest absolute Gasteiger partial charge is 0.300 e. The summed E-state index contributed by atoms with van der Waals surface area (Å²) in [6.07, 6.45) is 3.02. The predicted molar refractivity (Wildman–Crippen MR) is 129 cm³/mol. The normalized spacial score (nSPS) is 19.2. The van der Waals surface area contributed by atoms with Gasteiger partial charge in [-0.25, -0.2) is 4.98 Å². The van der Waals surface area contributed by atoms with Crippen LogP contribution in [0.5, 0.6) is 5.75 Å². The molecule has 0 unspecified atom stereocenters. The zero-order valence-electron chi connectivity index (χ0n) is 19.2. The predicted octanol–water partition coefficient (Wildman–Crippen LogP) is 2.99. The number of carbonyl (C=O) groups is 2. The number of carboxylic acid groups (broad SMARTS) is 1. The van der Waals surface area contributed by atoms with Gasteiger partial charge in [-0.2, -0.15) is 0 Å². The summed E-state index contributed by atoms with van der Waals surface area (Å²) in [6.45, 7) is 8.61. The van der Waals surface area contributed by atoms with Crippen molar-refractivity contribution in [3.63, 3.8) is 0 Å². The van der Waals surface area contributed by atoms with Gasteiger partial charge < -0.3 is 30.7 Å². The molecule has 3 aliphatic rings. The number of thiazole rings is 1. The minimum absolute atomic E-state index is 0.0185. The van der Waals surface area contributed by atoms with Crippen LogP contribution in [0, 0.1) is 0 Å². The Morgan fingerprint density at radius 2 is 2.06 bits per heavy atom. The Labute approximate surface area is 197 Å². The first-order chi connectivity index (χ1) is 15.7. The molecular weight excluding hydrogens is 442 g/mol. The van der Waals surface area contributed by atoms with Gasteiger partial charge in [0, 0.05) is 36.7 Å². The Kier molecular flexibility index (Phi) is 6.76. The number of ether oxygens (including phenoxy) is 1. The van der Waals surface area contributed by atoms with Crippen molar-refractivity contribution in [2.24, 2.45) is 0 Å². The number of hydrogen-bond acceptors (Lipinski definition) is 8. The Hall–Kier alpha value is -2.85. The number of nitrogens with one attached hydrogen (secondary N) is 3. The highest BCUT2D eigenvalue weighted by Crippen LogP contribution is 2.41. The maximum absolute atomic E-state index is 12.5. The van der Waals surface area contributed by atoms with E-state index < -0.39 is 5.97 Å². The molecule has 0 bridgehead atoms. The molecule has 4 heterocycles. The van der Waals surface area contributed by atoms with Crippen LogP contribution < -0.4 is 25.6 Å². The van der Waals surface area contributed by atoms with Crippen molar-refractivity contribution in [3.8, 4) is 5.75 Å². The number of hydrogen-bond donors (Lipinski definition) is 4. The van der Waals surface area contributed by atoms with E-state index in [0.717, 1.165) is 78.6 Å². The second-order valence-electron chi connectivity index (χ2n) is 9.16. The van der Waals surface area contributed by atoms with Gasteiger partial charge in [0.1, 0.15) is 17.2 Å². The molecule has 0 atom stereocenters. The molecule has 33 heavy (non-hydrogen) atoms. The molecule has 1 aromatic heterocycles. The van der Waals surface area contributed by atoms with Crippen LogP contribution in [-0.4, -0.2) is 59.8 Å². The molecule has 0 spiro atoms. The molecule has 178 valence electrons. The number of rotatable bonds is 3. The summed E-state index contributed by atoms with van der Waals surface area (Å²) in [7, 11) is 0. The number of carbonyl (C=O) groups excluding carboxylic acids is 1. The lowest BCUT2D eigenvalue weighted by molar-refractivity contribution is -0.134. The standard InChI is InChI=1S/C21H27N5O2S.C2H4O2/c1-21(2)12-15-18(19(27)25-21)29-20(24-15)26-9-10-28-17-11-14(3-4-16(17)26)23-13-5-7-22-8-6-13;1-2(3)4/h3-4,11,13,22-23H,5-10,12H2,1-2H3,(H,25,27);1H3,(H,3,4). The second-order valence-corrected chi connectivity index (χ2v) is 10.1. The highest BCUT2D eigenvalue weighted by Gasteiger charge is 2.34. The molecule has 5 rings (SSSR count). The summed E-state index contributed by atoms with van der Waals surface area (Å²) in [4.78, 5) is 29.2. The van der Waals surface area contributed by atoms with Crippen LogP contribution in [0.15, 0.2) is 18.2 Å². The first kappa shape index (κ1) is 23.3. The largest absolute Gasteiger partial charge is 0.489 e. The van der Waals surface area contributed by atoms with Crippen LogP contribution >= 0.6 is 11.3 Å². The lowest BCUT2D eigenvalue weighted by Gasteiger charge is -2.30. The summed E-state index contributed by atoms with van der Waals surface area (Å²) in [5, 5.41) is 18.4. The van der Waals surface area contributed by atoms with Gasteiger partial charge in [0.15, 0.2) is 5.13 Å². The van der Waals surface area contributed by atoms with E-state index in [-0.39, 0.29) is 11.4 Å². The highest BCUT2D eigenvalue weighted by atomic mass is 32.1. The average molecular weight is 474 g/mol. The number of amides is 1. The number of benzene rings is 1. The molecule has 3 aliphatic heterocycles. The Morgan fingerprint density at radius 3 is 2.79 bits per heavy atom. The third kappa shape index (κ3) is 5.56. The zero-order chi connectivity index (χ0) is 23.6. The van der Waals surface area contributed by atoms with Gasteiger partial charge in [0.05, 0.1) is 17.9 Å². The van der Waals surface area contributed by atoms with Crippen molar-refractivity contribution < 1.29 is 19.4 Å². The van der Waals surface area contributed by atoms with E-state index in [1.807, 2.05) is 13.8 Å². The fraction of sp³-hybridized carbons (Fsp3) is 0.522. The van der Waals surface area contributed by atoms with E-state index in [4.69, 9.17) is 19.6 Å². The van der Waals surface area contributed by atoms with Crippen molar-refractivity contribution in [2.75, 3.05) is 36.5 Å². The van der Waals surface area contributed by atoms with E-state index in [2.05, 4.69) is 39.0 Å². The Bertz CT molecular complexity index is 1030. The van der Waals surface area contributed by atoms with Crippen LogP contribution in [0.2, 0.25) is 0 Å². The third-order valence-corrected chi connectivity index (χ3v) is 6.84. The molecule has 1 fully saturated rings. The molecule has 1 aromatic carbocycles. The number of aliphatic carboxylic acids is 1. The van der Waals surface area contributed by atoms with Crippen molar-refractivity contribution in [1.82, 2.24) is 15.6 Å². The quantitative estimate of drug-likeness (QED) is 0.538. The number of fused-ring (bicyclic) bond motifs is 2. The fourth-order valence-electron chi connectivity index (χ4n) is 4.29.